The van der Waals surface area contributed by atoms with E-state index in [-0.39, 0.29) is 18.1 Å². The molecule has 3 heterocycles. The maximum atomic E-state index is 11.5. The molecule has 2 aliphatic rings. The first kappa shape index (κ1) is 18.2. The number of aliphatic hydroxyl groups is 1. The number of ether oxygens (including phenoxy) is 1. The number of hydrogen-bond acceptors (Lipinski definition) is 6. The van der Waals surface area contributed by atoms with Crippen LogP contribution in [0.2, 0.25) is 0 Å². The maximum Gasteiger partial charge on any atom is 0.220 e. The number of aliphatic hydroxyl groups excluding tert-OH is 1. The number of carbonyl (C=O) groups is 1. The average Bonchev–Trinajstić information content (AvgIpc) is 3.05. The van der Waals surface area contributed by atoms with Gasteiger partial charge >= 0.3 is 0 Å². The summed E-state index contributed by atoms with van der Waals surface area (Å²) in [5.74, 6) is 1.21. The van der Waals surface area contributed by atoms with Gasteiger partial charge in [-0.3, -0.25) is 9.69 Å². The van der Waals surface area contributed by atoms with Gasteiger partial charge in [0.05, 0.1) is 25.4 Å². The van der Waals surface area contributed by atoms with E-state index in [9.17, 15) is 9.90 Å². The van der Waals surface area contributed by atoms with Gasteiger partial charge in [-0.05, 0) is 45.3 Å². The van der Waals surface area contributed by atoms with Gasteiger partial charge in [0.2, 0.25) is 5.91 Å². The number of hydrogen-bond donors (Lipinski definition) is 2. The molecule has 1 amide bonds. The van der Waals surface area contributed by atoms with Crippen molar-refractivity contribution in [2.45, 2.75) is 50.7 Å². The molecule has 0 aromatic carbocycles. The topological polar surface area (TPSA) is 87.6 Å². The number of piperidine rings is 1. The minimum Gasteiger partial charge on any atom is -0.389 e. The number of aryl methyl sites for hydroxylation is 2. The van der Waals surface area contributed by atoms with Crippen molar-refractivity contribution in [3.63, 3.8) is 0 Å². The molecule has 25 heavy (non-hydrogen) atoms. The van der Waals surface area contributed by atoms with Gasteiger partial charge in [0, 0.05) is 30.8 Å². The molecule has 138 valence electrons. The van der Waals surface area contributed by atoms with Crippen LogP contribution in [0.5, 0.6) is 0 Å². The summed E-state index contributed by atoms with van der Waals surface area (Å²) in [4.78, 5) is 22.9. The third-order valence-electron chi connectivity index (χ3n) is 5.24. The van der Waals surface area contributed by atoms with Crippen LogP contribution in [0.3, 0.4) is 0 Å². The van der Waals surface area contributed by atoms with Gasteiger partial charge in [-0.15, -0.1) is 0 Å². The Kier molecular flexibility index (Phi) is 5.98. The average molecular weight is 348 g/mol. The summed E-state index contributed by atoms with van der Waals surface area (Å²) in [5.41, 5.74) is 2.02. The quantitative estimate of drug-likeness (QED) is 0.801. The normalized spacial score (nSPS) is 25.2. The van der Waals surface area contributed by atoms with Crippen LogP contribution in [0.25, 0.3) is 0 Å². The highest BCUT2D eigenvalue weighted by Gasteiger charge is 2.34. The zero-order chi connectivity index (χ0) is 17.8. The Morgan fingerprint density at radius 3 is 2.76 bits per heavy atom. The summed E-state index contributed by atoms with van der Waals surface area (Å²) in [6.45, 7) is 4.89. The number of carbonyl (C=O) groups excluding carboxylic acids is 1. The van der Waals surface area contributed by atoms with E-state index < -0.39 is 0 Å². The summed E-state index contributed by atoms with van der Waals surface area (Å²) in [5, 5.41) is 12.6. The van der Waals surface area contributed by atoms with Gasteiger partial charge in [-0.25, -0.2) is 9.97 Å². The Morgan fingerprint density at radius 2 is 2.12 bits per heavy atom. The number of nitrogens with zero attached hydrogens (tertiary/aromatic N) is 3. The molecule has 0 bridgehead atoms. The summed E-state index contributed by atoms with van der Waals surface area (Å²) < 4.78 is 5.38. The van der Waals surface area contributed by atoms with Gasteiger partial charge in [-0.1, -0.05) is 0 Å². The van der Waals surface area contributed by atoms with Gasteiger partial charge in [-0.2, -0.15) is 0 Å². The van der Waals surface area contributed by atoms with E-state index in [1.807, 2.05) is 6.92 Å². The number of nitrogens with one attached hydrogen (secondary N) is 1. The highest BCUT2D eigenvalue weighted by Crippen LogP contribution is 2.29. The highest BCUT2D eigenvalue weighted by molar-refractivity contribution is 5.75. The molecule has 0 spiro atoms. The Balaban J connectivity index is 1.60. The molecule has 7 heteroatoms. The Labute approximate surface area is 148 Å². The second-order valence-corrected chi connectivity index (χ2v) is 6.99. The fourth-order valence-corrected chi connectivity index (χ4v) is 3.77. The van der Waals surface area contributed by atoms with Crippen LogP contribution < -0.4 is 5.32 Å². The molecule has 7 nitrogen and oxygen atoms in total. The first-order valence-corrected chi connectivity index (χ1v) is 9.11. The monoisotopic (exact) mass is 348 g/mol. The molecular weight excluding hydrogens is 320 g/mol. The third-order valence-corrected chi connectivity index (χ3v) is 5.24. The summed E-state index contributed by atoms with van der Waals surface area (Å²) in [6, 6.07) is 2.19. The van der Waals surface area contributed by atoms with E-state index in [1.165, 1.54) is 0 Å². The van der Waals surface area contributed by atoms with Crippen LogP contribution in [0.15, 0.2) is 6.07 Å². The first-order valence-electron chi connectivity index (χ1n) is 9.11. The Morgan fingerprint density at radius 1 is 1.36 bits per heavy atom. The maximum absolute atomic E-state index is 11.5. The van der Waals surface area contributed by atoms with Gasteiger partial charge in [0.25, 0.3) is 0 Å². The second kappa shape index (κ2) is 8.21. The molecule has 0 aliphatic carbocycles. The van der Waals surface area contributed by atoms with Crippen molar-refractivity contribution in [1.82, 2.24) is 20.2 Å². The van der Waals surface area contributed by atoms with Crippen LogP contribution in [0, 0.1) is 6.92 Å². The predicted molar refractivity (Wildman–Crippen MR) is 93.3 cm³/mol. The molecule has 2 N–H and O–H groups in total. The molecule has 1 aromatic rings. The van der Waals surface area contributed by atoms with Gasteiger partial charge in [0.1, 0.15) is 5.82 Å². The van der Waals surface area contributed by atoms with Crippen molar-refractivity contribution >= 4 is 5.91 Å². The molecule has 2 aliphatic heterocycles. The molecule has 3 rings (SSSR count). The predicted octanol–water partition coefficient (Wildman–Crippen LogP) is 0.403. The first-order chi connectivity index (χ1) is 12.1. The zero-order valence-corrected chi connectivity index (χ0v) is 15.1. The molecule has 0 radical (unpaired) electrons. The Bertz CT molecular complexity index is 602. The van der Waals surface area contributed by atoms with E-state index in [0.717, 1.165) is 43.1 Å². The van der Waals surface area contributed by atoms with Crippen molar-refractivity contribution in [3.8, 4) is 0 Å². The summed E-state index contributed by atoms with van der Waals surface area (Å²) >= 11 is 0. The summed E-state index contributed by atoms with van der Waals surface area (Å²) in [6.07, 6.45) is 2.77. The van der Waals surface area contributed by atoms with Crippen LogP contribution >= 0.6 is 0 Å². The summed E-state index contributed by atoms with van der Waals surface area (Å²) in [7, 11) is 1.65. The van der Waals surface area contributed by atoms with Crippen molar-refractivity contribution in [3.05, 3.63) is 23.3 Å². The molecule has 0 saturated carbocycles. The second-order valence-electron chi connectivity index (χ2n) is 6.99. The van der Waals surface area contributed by atoms with Crippen LogP contribution in [0.1, 0.15) is 42.4 Å². The van der Waals surface area contributed by atoms with Crippen molar-refractivity contribution in [1.29, 1.82) is 0 Å². The number of amides is 1. The molecule has 2 unspecified atom stereocenters. The van der Waals surface area contributed by atoms with E-state index in [4.69, 9.17) is 4.74 Å². The van der Waals surface area contributed by atoms with E-state index in [1.54, 1.807) is 7.05 Å². The zero-order valence-electron chi connectivity index (χ0n) is 15.1. The van der Waals surface area contributed by atoms with Crippen molar-refractivity contribution < 1.29 is 14.6 Å². The largest absolute Gasteiger partial charge is 0.389 e. The van der Waals surface area contributed by atoms with Crippen molar-refractivity contribution in [2.24, 2.45) is 0 Å². The molecule has 2 atom stereocenters. The van der Waals surface area contributed by atoms with Crippen molar-refractivity contribution in [2.75, 3.05) is 33.4 Å². The number of rotatable bonds is 5. The minimum absolute atomic E-state index is 0.0310. The van der Waals surface area contributed by atoms with E-state index >= 15 is 0 Å². The highest BCUT2D eigenvalue weighted by atomic mass is 16.5. The number of likely N-dealkylation sites (tertiary alicyclic amines) is 1. The molecular formula is C18H28N4O3. The number of aromatic nitrogens is 2. The molecule has 2 saturated heterocycles. The minimum atomic E-state index is -0.367. The van der Waals surface area contributed by atoms with Gasteiger partial charge in [0.15, 0.2) is 0 Å². The van der Waals surface area contributed by atoms with Gasteiger partial charge < -0.3 is 15.2 Å². The lowest BCUT2D eigenvalue weighted by Crippen LogP contribution is -2.46. The third kappa shape index (κ3) is 4.54. The fraction of sp³-hybridized carbons (Fsp3) is 0.722. The van der Waals surface area contributed by atoms with Crippen LogP contribution in [-0.2, 0) is 16.0 Å². The van der Waals surface area contributed by atoms with E-state index in [2.05, 4.69) is 26.3 Å². The molecule has 2 fully saturated rings. The lowest BCUT2D eigenvalue weighted by atomic mass is 9.91. The van der Waals surface area contributed by atoms with Crippen LogP contribution in [-0.4, -0.2) is 71.4 Å². The van der Waals surface area contributed by atoms with Crippen LogP contribution in [0.4, 0.5) is 0 Å². The Hall–Kier alpha value is -1.57. The fourth-order valence-electron chi connectivity index (χ4n) is 3.77. The lowest BCUT2D eigenvalue weighted by Gasteiger charge is -2.36. The standard InChI is InChI=1S/C18H28N4O3/c1-12-20-14(3-4-18(24)19-2)9-15(21-12)13-5-7-22(8-6-13)16-10-25-11-17(16)23/h9,13,16-17,23H,3-8,10-11H2,1-2H3,(H,19,24). The lowest BCUT2D eigenvalue weighted by molar-refractivity contribution is -0.120. The smallest absolute Gasteiger partial charge is 0.220 e. The SMILES string of the molecule is CNC(=O)CCc1cc(C2CCN(C3COCC3O)CC2)nc(C)n1. The van der Waals surface area contributed by atoms with E-state index in [0.29, 0.717) is 32.0 Å². The molecule has 1 aromatic heterocycles.